The highest BCUT2D eigenvalue weighted by Crippen LogP contribution is 2.59. The van der Waals surface area contributed by atoms with Crippen LogP contribution >= 0.6 is 11.8 Å². The van der Waals surface area contributed by atoms with Gasteiger partial charge in [-0.1, -0.05) is 50.3 Å². The topological polar surface area (TPSA) is 60.7 Å². The molecule has 6 atom stereocenters. The zero-order valence-corrected chi connectivity index (χ0v) is 20.3. The number of benzene rings is 1. The van der Waals surface area contributed by atoms with Gasteiger partial charge in [-0.25, -0.2) is 0 Å². The summed E-state index contributed by atoms with van der Waals surface area (Å²) in [5, 5.41) is 30.3. The minimum atomic E-state index is -0.627. The van der Waals surface area contributed by atoms with Crippen LogP contribution in [-0.2, 0) is 0 Å². The number of allylic oxidation sites excluding steroid dienone is 3. The molecule has 0 saturated heterocycles. The second-order valence-electron chi connectivity index (χ2n) is 10.4. The maximum absolute atomic E-state index is 10.2. The minimum Gasteiger partial charge on any atom is -0.507 e. The summed E-state index contributed by atoms with van der Waals surface area (Å²) in [5.41, 5.74) is 3.63. The Labute approximate surface area is 197 Å². The summed E-state index contributed by atoms with van der Waals surface area (Å²) < 4.78 is 0. The molecule has 3 saturated carbocycles. The molecule has 3 aliphatic carbocycles. The van der Waals surface area contributed by atoms with Crippen LogP contribution in [0.15, 0.2) is 64.6 Å². The van der Waals surface area contributed by atoms with Crippen molar-refractivity contribution in [3.05, 3.63) is 59.7 Å². The summed E-state index contributed by atoms with van der Waals surface area (Å²) in [6.45, 7) is 8.96. The third kappa shape index (κ3) is 4.73. The fraction of sp³-hybridized carbons (Fsp3) is 0.571. The fourth-order valence-corrected chi connectivity index (χ4v) is 7.66. The predicted molar refractivity (Wildman–Crippen MR) is 133 cm³/mol. The first kappa shape index (κ1) is 23.7. The van der Waals surface area contributed by atoms with E-state index in [9.17, 15) is 15.3 Å². The standard InChI is InChI=1S/C28H38O3S/c1-18(17-32-27-9-5-4-8-25(27)30)23-12-13-24-20(7-6-14-28(23,24)3)10-11-21-15-22(29)16-26(31)19(21)2/h4-5,8-11,18,22-24,26,29-31H,2,6-7,12-17H2,1,3H3/b20-10+,21-11-/t18-,22+,23?,24?,26-,28+/m0/s1. The van der Waals surface area contributed by atoms with E-state index in [-0.39, 0.29) is 0 Å². The Kier molecular flexibility index (Phi) is 7.24. The molecule has 3 N–H and O–H groups in total. The van der Waals surface area contributed by atoms with Gasteiger partial charge in [0, 0.05) is 17.1 Å². The second kappa shape index (κ2) is 9.79. The van der Waals surface area contributed by atoms with Crippen LogP contribution in [0.1, 0.15) is 58.8 Å². The summed E-state index contributed by atoms with van der Waals surface area (Å²) in [6, 6.07) is 7.64. The van der Waals surface area contributed by atoms with E-state index in [1.807, 2.05) is 18.2 Å². The van der Waals surface area contributed by atoms with Gasteiger partial charge in [-0.05, 0) is 85.0 Å². The smallest absolute Gasteiger partial charge is 0.129 e. The lowest BCUT2D eigenvalue weighted by molar-refractivity contribution is 0.0862. The molecule has 0 amide bonds. The molecule has 0 aromatic heterocycles. The lowest BCUT2D eigenvalue weighted by Gasteiger charge is -2.44. The van der Waals surface area contributed by atoms with Gasteiger partial charge in [0.1, 0.15) is 5.75 Å². The first-order valence-corrected chi connectivity index (χ1v) is 13.1. The first-order chi connectivity index (χ1) is 15.3. The molecule has 174 valence electrons. The van der Waals surface area contributed by atoms with E-state index < -0.39 is 12.2 Å². The summed E-state index contributed by atoms with van der Waals surface area (Å²) in [4.78, 5) is 0.979. The lowest BCUT2D eigenvalue weighted by atomic mass is 9.61. The molecule has 2 unspecified atom stereocenters. The van der Waals surface area contributed by atoms with Crippen molar-refractivity contribution >= 4 is 11.8 Å². The molecule has 4 rings (SSSR count). The van der Waals surface area contributed by atoms with E-state index in [1.165, 1.54) is 31.3 Å². The number of para-hydroxylation sites is 1. The maximum atomic E-state index is 10.2. The molecule has 1 aromatic rings. The highest BCUT2D eigenvalue weighted by molar-refractivity contribution is 7.99. The highest BCUT2D eigenvalue weighted by Gasteiger charge is 2.50. The van der Waals surface area contributed by atoms with Crippen LogP contribution in [-0.4, -0.2) is 33.3 Å². The van der Waals surface area contributed by atoms with Crippen molar-refractivity contribution in [2.75, 3.05) is 5.75 Å². The Morgan fingerprint density at radius 2 is 2.00 bits per heavy atom. The molecule has 3 nitrogen and oxygen atoms in total. The number of phenolic OH excluding ortho intramolecular Hbond substituents is 1. The van der Waals surface area contributed by atoms with Crippen molar-refractivity contribution in [3.63, 3.8) is 0 Å². The second-order valence-corrected chi connectivity index (χ2v) is 11.5. The van der Waals surface area contributed by atoms with Crippen LogP contribution in [0.4, 0.5) is 0 Å². The maximum Gasteiger partial charge on any atom is 0.129 e. The molecule has 1 aromatic carbocycles. The number of hydrogen-bond donors (Lipinski definition) is 3. The van der Waals surface area contributed by atoms with Gasteiger partial charge >= 0.3 is 0 Å². The number of hydrogen-bond acceptors (Lipinski definition) is 4. The van der Waals surface area contributed by atoms with Gasteiger partial charge in [0.2, 0.25) is 0 Å². The number of phenols is 1. The molecule has 32 heavy (non-hydrogen) atoms. The lowest BCUT2D eigenvalue weighted by Crippen LogP contribution is -2.36. The Balaban J connectivity index is 1.47. The van der Waals surface area contributed by atoms with Crippen LogP contribution in [0.3, 0.4) is 0 Å². The van der Waals surface area contributed by atoms with Gasteiger partial charge in [-0.2, -0.15) is 0 Å². The van der Waals surface area contributed by atoms with Crippen LogP contribution in [0.2, 0.25) is 0 Å². The number of aliphatic hydroxyl groups excluding tert-OH is 2. The number of aliphatic hydroxyl groups is 2. The van der Waals surface area contributed by atoms with E-state index >= 15 is 0 Å². The first-order valence-electron chi connectivity index (χ1n) is 12.1. The van der Waals surface area contributed by atoms with Crippen molar-refractivity contribution in [1.82, 2.24) is 0 Å². The van der Waals surface area contributed by atoms with Gasteiger partial charge in [-0.15, -0.1) is 11.8 Å². The van der Waals surface area contributed by atoms with Crippen LogP contribution in [0.25, 0.3) is 0 Å². The molecular formula is C28H38O3S. The van der Waals surface area contributed by atoms with Crippen LogP contribution < -0.4 is 0 Å². The number of aromatic hydroxyl groups is 1. The molecular weight excluding hydrogens is 416 g/mol. The van der Waals surface area contributed by atoms with Crippen molar-refractivity contribution in [1.29, 1.82) is 0 Å². The SMILES string of the molecule is C=C1/C(=C\C=C2/CCC[C@@]3(C)C2CCC3[C@@H](C)CSc2ccccc2O)C[C@@H](O)C[C@@H]1O. The molecule has 3 aliphatic rings. The Morgan fingerprint density at radius 3 is 2.78 bits per heavy atom. The fourth-order valence-electron chi connectivity index (χ4n) is 6.60. The zero-order chi connectivity index (χ0) is 22.9. The quantitative estimate of drug-likeness (QED) is 0.460. The number of rotatable bonds is 5. The van der Waals surface area contributed by atoms with Gasteiger partial charge < -0.3 is 15.3 Å². The largest absolute Gasteiger partial charge is 0.507 e. The molecule has 4 heteroatoms. The Hall–Kier alpha value is -1.49. The molecule has 0 spiro atoms. The molecule has 0 radical (unpaired) electrons. The van der Waals surface area contributed by atoms with Crippen molar-refractivity contribution in [3.8, 4) is 5.75 Å². The van der Waals surface area contributed by atoms with E-state index in [2.05, 4.69) is 32.6 Å². The summed E-state index contributed by atoms with van der Waals surface area (Å²) in [6.07, 6.45) is 10.5. The van der Waals surface area contributed by atoms with E-state index in [1.54, 1.807) is 17.8 Å². The predicted octanol–water partition coefficient (Wildman–Crippen LogP) is 6.26. The Bertz CT molecular complexity index is 904. The van der Waals surface area contributed by atoms with Gasteiger partial charge in [0.25, 0.3) is 0 Å². The monoisotopic (exact) mass is 454 g/mol. The summed E-state index contributed by atoms with van der Waals surface area (Å²) in [7, 11) is 0. The third-order valence-corrected chi connectivity index (χ3v) is 9.70. The van der Waals surface area contributed by atoms with Gasteiger partial charge in [0.05, 0.1) is 12.2 Å². The minimum absolute atomic E-state index is 0.323. The molecule has 3 fully saturated rings. The van der Waals surface area contributed by atoms with Crippen LogP contribution in [0, 0.1) is 23.2 Å². The Morgan fingerprint density at radius 1 is 1.22 bits per heavy atom. The number of thioether (sulfide) groups is 1. The van der Waals surface area contributed by atoms with E-state index in [4.69, 9.17) is 0 Å². The number of fused-ring (bicyclic) bond motifs is 1. The normalized spacial score (nSPS) is 36.4. The average molecular weight is 455 g/mol. The zero-order valence-electron chi connectivity index (χ0n) is 19.5. The molecule has 0 aliphatic heterocycles. The average Bonchev–Trinajstić information content (AvgIpc) is 3.12. The van der Waals surface area contributed by atoms with E-state index in [0.29, 0.717) is 41.8 Å². The highest BCUT2D eigenvalue weighted by atomic mass is 32.2. The van der Waals surface area contributed by atoms with Crippen molar-refractivity contribution < 1.29 is 15.3 Å². The van der Waals surface area contributed by atoms with Gasteiger partial charge in [-0.3, -0.25) is 0 Å². The summed E-state index contributed by atoms with van der Waals surface area (Å²) in [5.74, 6) is 3.31. The third-order valence-electron chi connectivity index (χ3n) is 8.36. The van der Waals surface area contributed by atoms with Crippen LogP contribution in [0.5, 0.6) is 5.75 Å². The molecule has 0 heterocycles. The van der Waals surface area contributed by atoms with Crippen molar-refractivity contribution in [2.45, 2.75) is 75.9 Å². The van der Waals surface area contributed by atoms with Crippen molar-refractivity contribution in [2.24, 2.45) is 23.2 Å². The van der Waals surface area contributed by atoms with E-state index in [0.717, 1.165) is 28.2 Å². The molecule has 0 bridgehead atoms. The summed E-state index contributed by atoms with van der Waals surface area (Å²) >= 11 is 1.78. The van der Waals surface area contributed by atoms with Gasteiger partial charge in [0.15, 0.2) is 0 Å².